The monoisotopic (exact) mass is 384 g/mol. The zero-order valence-electron chi connectivity index (χ0n) is 12.8. The predicted octanol–water partition coefficient (Wildman–Crippen LogP) is 3.64. The van der Waals surface area contributed by atoms with Crippen molar-refractivity contribution in [1.29, 1.82) is 0 Å². The van der Waals surface area contributed by atoms with E-state index in [2.05, 4.69) is 15.8 Å². The molecule has 0 atom stereocenters. The SMILES string of the molecule is O=[N+]([O-])c1ccc(O)c(C=NNC(=S)Nc2ccccc2C(F)(F)F)c1. The number of phenols is 1. The molecule has 0 heterocycles. The molecule has 3 N–H and O–H groups in total. The van der Waals surface area contributed by atoms with Gasteiger partial charge in [0.05, 0.1) is 22.4 Å². The molecule has 0 aliphatic carbocycles. The van der Waals surface area contributed by atoms with Gasteiger partial charge in [0.1, 0.15) is 5.75 Å². The average molecular weight is 384 g/mol. The van der Waals surface area contributed by atoms with Gasteiger partial charge in [-0.2, -0.15) is 18.3 Å². The van der Waals surface area contributed by atoms with E-state index in [-0.39, 0.29) is 27.8 Å². The summed E-state index contributed by atoms with van der Waals surface area (Å²) >= 11 is 4.86. The van der Waals surface area contributed by atoms with E-state index >= 15 is 0 Å². The molecule has 0 radical (unpaired) electrons. The molecule has 26 heavy (non-hydrogen) atoms. The van der Waals surface area contributed by atoms with E-state index in [4.69, 9.17) is 12.2 Å². The van der Waals surface area contributed by atoms with Crippen LogP contribution in [0.1, 0.15) is 11.1 Å². The summed E-state index contributed by atoms with van der Waals surface area (Å²) in [6.07, 6.45) is -3.51. The van der Waals surface area contributed by atoms with Gasteiger partial charge in [-0.25, -0.2) is 0 Å². The first-order valence-corrected chi connectivity index (χ1v) is 7.33. The maximum absolute atomic E-state index is 12.9. The van der Waals surface area contributed by atoms with E-state index in [1.165, 1.54) is 18.2 Å². The number of benzene rings is 2. The number of non-ortho nitro benzene ring substituents is 1. The second kappa shape index (κ2) is 7.78. The van der Waals surface area contributed by atoms with Crippen molar-refractivity contribution in [2.75, 3.05) is 5.32 Å². The standard InChI is InChI=1S/C15H11F3N4O3S/c16-15(17,18)11-3-1-2-4-12(11)20-14(26)21-19-8-9-7-10(22(24)25)5-6-13(9)23/h1-8,23H,(H2,20,21,26). The van der Waals surface area contributed by atoms with Gasteiger partial charge in [-0.05, 0) is 30.4 Å². The Bertz CT molecular complexity index is 871. The normalized spacial score (nSPS) is 11.3. The van der Waals surface area contributed by atoms with Crippen molar-refractivity contribution in [2.45, 2.75) is 6.18 Å². The highest BCUT2D eigenvalue weighted by molar-refractivity contribution is 7.80. The van der Waals surface area contributed by atoms with Crippen LogP contribution in [0, 0.1) is 10.1 Å². The summed E-state index contributed by atoms with van der Waals surface area (Å²) in [5.74, 6) is -0.262. The molecule has 0 spiro atoms. The van der Waals surface area contributed by atoms with E-state index in [1.807, 2.05) is 0 Å². The molecule has 0 aliphatic rings. The Morgan fingerprint density at radius 1 is 1.27 bits per heavy atom. The van der Waals surface area contributed by atoms with Crippen LogP contribution in [-0.4, -0.2) is 21.4 Å². The summed E-state index contributed by atoms with van der Waals surface area (Å²) in [5.41, 5.74) is 0.891. The Hall–Kier alpha value is -3.21. The minimum Gasteiger partial charge on any atom is -0.507 e. The highest BCUT2D eigenvalue weighted by atomic mass is 32.1. The van der Waals surface area contributed by atoms with Crippen molar-refractivity contribution < 1.29 is 23.2 Å². The third-order valence-electron chi connectivity index (χ3n) is 3.07. The summed E-state index contributed by atoms with van der Waals surface area (Å²) in [7, 11) is 0. The number of anilines is 1. The lowest BCUT2D eigenvalue weighted by Gasteiger charge is -2.14. The van der Waals surface area contributed by atoms with Crippen LogP contribution in [0.4, 0.5) is 24.5 Å². The number of nitro benzene ring substituents is 1. The Morgan fingerprint density at radius 2 is 1.96 bits per heavy atom. The van der Waals surface area contributed by atoms with Crippen molar-refractivity contribution in [2.24, 2.45) is 5.10 Å². The first kappa shape index (κ1) is 19.1. The van der Waals surface area contributed by atoms with Crippen LogP contribution in [0.2, 0.25) is 0 Å². The maximum Gasteiger partial charge on any atom is 0.418 e. The van der Waals surface area contributed by atoms with Crippen molar-refractivity contribution in [3.8, 4) is 5.75 Å². The van der Waals surface area contributed by atoms with Crippen LogP contribution in [0.25, 0.3) is 0 Å². The number of hydrogen-bond acceptors (Lipinski definition) is 5. The van der Waals surface area contributed by atoms with Gasteiger partial charge < -0.3 is 10.4 Å². The molecule has 0 saturated heterocycles. The number of hydrogen-bond donors (Lipinski definition) is 3. The van der Waals surface area contributed by atoms with Gasteiger partial charge in [-0.15, -0.1) is 0 Å². The molecule has 0 fully saturated rings. The number of hydrazone groups is 1. The number of phenolic OH excluding ortho intramolecular Hbond substituents is 1. The Kier molecular flexibility index (Phi) is 5.72. The summed E-state index contributed by atoms with van der Waals surface area (Å²) in [5, 5.41) is 26.1. The second-order valence-electron chi connectivity index (χ2n) is 4.87. The molecule has 2 aromatic rings. The largest absolute Gasteiger partial charge is 0.507 e. The number of aromatic hydroxyl groups is 1. The zero-order valence-corrected chi connectivity index (χ0v) is 13.6. The van der Waals surface area contributed by atoms with Crippen LogP contribution < -0.4 is 10.7 Å². The van der Waals surface area contributed by atoms with Gasteiger partial charge in [0.2, 0.25) is 0 Å². The Morgan fingerprint density at radius 3 is 2.62 bits per heavy atom. The molecule has 7 nitrogen and oxygen atoms in total. The minimum atomic E-state index is -4.56. The molecule has 0 saturated carbocycles. The number of rotatable bonds is 4. The molecule has 0 amide bonds. The lowest BCUT2D eigenvalue weighted by molar-refractivity contribution is -0.384. The number of nitrogens with zero attached hydrogens (tertiary/aromatic N) is 2. The van der Waals surface area contributed by atoms with Crippen molar-refractivity contribution in [3.63, 3.8) is 0 Å². The number of nitrogens with one attached hydrogen (secondary N) is 2. The van der Waals surface area contributed by atoms with Gasteiger partial charge in [0, 0.05) is 17.7 Å². The van der Waals surface area contributed by atoms with Crippen LogP contribution in [-0.2, 0) is 6.18 Å². The van der Waals surface area contributed by atoms with Crippen molar-refractivity contribution in [1.82, 2.24) is 5.43 Å². The molecule has 0 aliphatic heterocycles. The topological polar surface area (TPSA) is 99.8 Å². The van der Waals surface area contributed by atoms with Gasteiger partial charge in [-0.1, -0.05) is 12.1 Å². The molecular weight excluding hydrogens is 373 g/mol. The van der Waals surface area contributed by atoms with Crippen LogP contribution in [0.5, 0.6) is 5.75 Å². The second-order valence-corrected chi connectivity index (χ2v) is 5.28. The molecule has 136 valence electrons. The lowest BCUT2D eigenvalue weighted by Crippen LogP contribution is -2.25. The van der Waals surface area contributed by atoms with Crippen molar-refractivity contribution >= 4 is 34.9 Å². The average Bonchev–Trinajstić information content (AvgIpc) is 2.55. The maximum atomic E-state index is 12.9. The number of para-hydroxylation sites is 1. The van der Waals surface area contributed by atoms with E-state index in [9.17, 15) is 28.4 Å². The van der Waals surface area contributed by atoms with Gasteiger partial charge in [0.15, 0.2) is 5.11 Å². The third-order valence-corrected chi connectivity index (χ3v) is 3.27. The molecule has 2 aromatic carbocycles. The zero-order chi connectivity index (χ0) is 19.3. The molecule has 0 bridgehead atoms. The first-order chi connectivity index (χ1) is 12.2. The number of alkyl halides is 3. The van der Waals surface area contributed by atoms with Crippen LogP contribution in [0.3, 0.4) is 0 Å². The van der Waals surface area contributed by atoms with Crippen LogP contribution >= 0.6 is 12.2 Å². The summed E-state index contributed by atoms with van der Waals surface area (Å²) < 4.78 is 38.7. The number of halogens is 3. The molecule has 2 rings (SSSR count). The molecule has 11 heteroatoms. The fourth-order valence-corrected chi connectivity index (χ4v) is 2.07. The molecule has 0 aromatic heterocycles. The highest BCUT2D eigenvalue weighted by Gasteiger charge is 2.33. The van der Waals surface area contributed by atoms with Crippen molar-refractivity contribution in [3.05, 3.63) is 63.7 Å². The molecule has 0 unspecified atom stereocenters. The van der Waals surface area contributed by atoms with E-state index < -0.39 is 16.7 Å². The molecular formula is C15H11F3N4O3S. The lowest BCUT2D eigenvalue weighted by atomic mass is 10.2. The first-order valence-electron chi connectivity index (χ1n) is 6.92. The van der Waals surface area contributed by atoms with Crippen LogP contribution in [0.15, 0.2) is 47.6 Å². The third kappa shape index (κ3) is 4.89. The Labute approximate surface area is 150 Å². The Balaban J connectivity index is 2.08. The fraction of sp³-hybridized carbons (Fsp3) is 0.0667. The summed E-state index contributed by atoms with van der Waals surface area (Å²) in [6.45, 7) is 0. The van der Waals surface area contributed by atoms with Gasteiger partial charge in [0.25, 0.3) is 5.69 Å². The highest BCUT2D eigenvalue weighted by Crippen LogP contribution is 2.34. The number of nitro groups is 1. The van der Waals surface area contributed by atoms with Gasteiger partial charge in [-0.3, -0.25) is 15.5 Å². The fourth-order valence-electron chi connectivity index (χ4n) is 1.91. The number of thiocarbonyl (C=S) groups is 1. The van der Waals surface area contributed by atoms with E-state index in [1.54, 1.807) is 0 Å². The summed E-state index contributed by atoms with van der Waals surface area (Å²) in [4.78, 5) is 10.1. The predicted molar refractivity (Wildman–Crippen MR) is 93.2 cm³/mol. The van der Waals surface area contributed by atoms with Gasteiger partial charge >= 0.3 is 6.18 Å². The van der Waals surface area contributed by atoms with E-state index in [0.29, 0.717) is 0 Å². The quantitative estimate of drug-likeness (QED) is 0.322. The van der Waals surface area contributed by atoms with E-state index in [0.717, 1.165) is 30.5 Å². The summed E-state index contributed by atoms with van der Waals surface area (Å²) in [6, 6.07) is 8.06. The minimum absolute atomic E-state index is 0.0326. The smallest absolute Gasteiger partial charge is 0.418 e.